The van der Waals surface area contributed by atoms with Crippen molar-refractivity contribution in [2.45, 2.75) is 13.1 Å². The maximum atomic E-state index is 13.7. The first-order chi connectivity index (χ1) is 19.0. The van der Waals surface area contributed by atoms with E-state index in [9.17, 15) is 4.79 Å². The van der Waals surface area contributed by atoms with Gasteiger partial charge in [0, 0.05) is 29.1 Å². The Kier molecular flexibility index (Phi) is 7.95. The lowest BCUT2D eigenvalue weighted by Gasteiger charge is -2.24. The number of hydrogen-bond acceptors (Lipinski definition) is 7. The molecule has 5 aromatic rings. The molecule has 0 aliphatic carbocycles. The van der Waals surface area contributed by atoms with E-state index in [1.807, 2.05) is 66.7 Å². The first kappa shape index (κ1) is 26.5. The third-order valence-electron chi connectivity index (χ3n) is 6.34. The van der Waals surface area contributed by atoms with Crippen molar-refractivity contribution in [1.29, 1.82) is 0 Å². The Morgan fingerprint density at radius 3 is 2.36 bits per heavy atom. The van der Waals surface area contributed by atoms with Crippen LogP contribution in [0.15, 0.2) is 78.4 Å². The fourth-order valence-electron chi connectivity index (χ4n) is 4.37. The summed E-state index contributed by atoms with van der Waals surface area (Å²) in [5.41, 5.74) is 5.65. The quantitative estimate of drug-likeness (QED) is 0.196. The van der Waals surface area contributed by atoms with Crippen LogP contribution in [0.2, 0.25) is 5.02 Å². The zero-order valence-corrected chi connectivity index (χ0v) is 23.3. The largest absolute Gasteiger partial charge is 0.497 e. The van der Waals surface area contributed by atoms with Gasteiger partial charge in [0.2, 0.25) is 0 Å². The number of methoxy groups -OCH3 is 3. The molecule has 0 radical (unpaired) electrons. The lowest BCUT2D eigenvalue weighted by Crippen LogP contribution is -2.30. The summed E-state index contributed by atoms with van der Waals surface area (Å²) in [4.78, 5) is 25.2. The Morgan fingerprint density at radius 2 is 1.67 bits per heavy atom. The second kappa shape index (κ2) is 11.7. The average Bonchev–Trinajstić information content (AvgIpc) is 3.51. The van der Waals surface area contributed by atoms with Gasteiger partial charge in [-0.1, -0.05) is 29.8 Å². The maximum Gasteiger partial charge on any atom is 0.266 e. The average molecular weight is 560 g/mol. The van der Waals surface area contributed by atoms with E-state index in [1.165, 1.54) is 11.3 Å². The van der Waals surface area contributed by atoms with Crippen LogP contribution in [0.4, 0.5) is 0 Å². The Morgan fingerprint density at radius 1 is 0.897 bits per heavy atom. The van der Waals surface area contributed by atoms with Crippen LogP contribution >= 0.6 is 22.9 Å². The molecule has 0 spiro atoms. The number of thiazole rings is 1. The third-order valence-corrected chi connectivity index (χ3v) is 7.34. The third kappa shape index (κ3) is 5.82. The van der Waals surface area contributed by atoms with E-state index in [-0.39, 0.29) is 5.91 Å². The number of hydrogen-bond donors (Lipinski definition) is 0. The van der Waals surface area contributed by atoms with E-state index in [0.717, 1.165) is 33.3 Å². The molecule has 0 fully saturated rings. The fraction of sp³-hybridized carbons (Fsp3) is 0.167. The highest BCUT2D eigenvalue weighted by Gasteiger charge is 2.22. The van der Waals surface area contributed by atoms with Gasteiger partial charge in [0.1, 0.15) is 22.1 Å². The summed E-state index contributed by atoms with van der Waals surface area (Å²) in [6.07, 6.45) is 1.60. The normalized spacial score (nSPS) is 10.9. The zero-order valence-electron chi connectivity index (χ0n) is 21.7. The van der Waals surface area contributed by atoms with E-state index in [1.54, 1.807) is 37.9 Å². The van der Waals surface area contributed by atoms with Gasteiger partial charge in [-0.3, -0.25) is 9.78 Å². The minimum Gasteiger partial charge on any atom is -0.497 e. The van der Waals surface area contributed by atoms with Gasteiger partial charge in [0.05, 0.1) is 44.2 Å². The van der Waals surface area contributed by atoms with Crippen molar-refractivity contribution in [2.24, 2.45) is 0 Å². The zero-order chi connectivity index (χ0) is 27.4. The second-order valence-corrected chi connectivity index (χ2v) is 10.1. The van der Waals surface area contributed by atoms with Crippen molar-refractivity contribution in [3.63, 3.8) is 0 Å². The molecule has 2 heterocycles. The van der Waals surface area contributed by atoms with Crippen LogP contribution in [0.25, 0.3) is 22.2 Å². The molecule has 0 aliphatic rings. The van der Waals surface area contributed by atoms with Crippen LogP contribution in [0, 0.1) is 0 Å². The number of carbonyl (C=O) groups is 1. The number of ether oxygens (including phenoxy) is 3. The highest BCUT2D eigenvalue weighted by Crippen LogP contribution is 2.37. The topological polar surface area (TPSA) is 73.8 Å². The van der Waals surface area contributed by atoms with Gasteiger partial charge < -0.3 is 19.1 Å². The smallest absolute Gasteiger partial charge is 0.266 e. The fourth-order valence-corrected chi connectivity index (χ4v) is 5.12. The Labute approximate surface area is 235 Å². The number of carbonyl (C=O) groups excluding carboxylic acids is 1. The van der Waals surface area contributed by atoms with Gasteiger partial charge in [-0.05, 0) is 59.7 Å². The lowest BCUT2D eigenvalue weighted by atomic mass is 10.0. The Bertz CT molecular complexity index is 1610. The number of halogens is 1. The molecule has 0 aliphatic heterocycles. The van der Waals surface area contributed by atoms with Gasteiger partial charge >= 0.3 is 0 Å². The van der Waals surface area contributed by atoms with E-state index in [4.69, 9.17) is 30.8 Å². The van der Waals surface area contributed by atoms with Gasteiger partial charge in [0.25, 0.3) is 5.91 Å². The molecule has 0 saturated carbocycles. The standard InChI is InChI=1S/C30H26ClN3O4S/c1-36-23-8-4-19(5-9-23)16-34(30(35)28-15-32-18-39-28)17-21-12-20-6-7-22(31)13-26(20)33-29(21)25-14-24(37-2)10-11-27(25)38-3/h4-15,18H,16-17H2,1-3H3. The van der Waals surface area contributed by atoms with Crippen LogP contribution in [-0.2, 0) is 13.1 Å². The molecule has 0 N–H and O–H groups in total. The number of aromatic nitrogens is 2. The number of benzene rings is 3. The van der Waals surface area contributed by atoms with Gasteiger partial charge in [-0.15, -0.1) is 11.3 Å². The molecule has 0 saturated heterocycles. The maximum absolute atomic E-state index is 13.7. The van der Waals surface area contributed by atoms with E-state index < -0.39 is 0 Å². The molecule has 0 bridgehead atoms. The van der Waals surface area contributed by atoms with Crippen LogP contribution in [0.5, 0.6) is 17.2 Å². The molecule has 198 valence electrons. The second-order valence-electron chi connectivity index (χ2n) is 8.77. The molecular formula is C30H26ClN3O4S. The summed E-state index contributed by atoms with van der Waals surface area (Å²) < 4.78 is 16.5. The molecule has 1 amide bonds. The molecule has 2 aromatic heterocycles. The summed E-state index contributed by atoms with van der Waals surface area (Å²) in [7, 11) is 4.86. The summed E-state index contributed by atoms with van der Waals surface area (Å²) >= 11 is 7.62. The highest BCUT2D eigenvalue weighted by atomic mass is 35.5. The molecule has 0 unspecified atom stereocenters. The minimum atomic E-state index is -0.118. The molecule has 3 aromatic carbocycles. The van der Waals surface area contributed by atoms with Crippen molar-refractivity contribution in [2.75, 3.05) is 21.3 Å². The summed E-state index contributed by atoms with van der Waals surface area (Å²) in [5, 5.41) is 1.50. The predicted molar refractivity (Wildman–Crippen MR) is 154 cm³/mol. The van der Waals surface area contributed by atoms with E-state index in [2.05, 4.69) is 4.98 Å². The highest BCUT2D eigenvalue weighted by molar-refractivity contribution is 7.11. The van der Waals surface area contributed by atoms with Crippen LogP contribution in [-0.4, -0.2) is 42.1 Å². The minimum absolute atomic E-state index is 0.118. The number of nitrogens with zero attached hydrogens (tertiary/aromatic N) is 3. The number of amides is 1. The van der Waals surface area contributed by atoms with Crippen molar-refractivity contribution < 1.29 is 19.0 Å². The van der Waals surface area contributed by atoms with Crippen LogP contribution in [0.1, 0.15) is 20.8 Å². The molecule has 39 heavy (non-hydrogen) atoms. The van der Waals surface area contributed by atoms with Gasteiger partial charge in [-0.25, -0.2) is 4.98 Å². The van der Waals surface area contributed by atoms with Crippen molar-refractivity contribution in [3.05, 3.63) is 99.5 Å². The van der Waals surface area contributed by atoms with E-state index >= 15 is 0 Å². The van der Waals surface area contributed by atoms with Crippen molar-refractivity contribution >= 4 is 39.7 Å². The monoisotopic (exact) mass is 559 g/mol. The lowest BCUT2D eigenvalue weighted by molar-refractivity contribution is 0.0735. The Hall–Kier alpha value is -4.14. The number of fused-ring (bicyclic) bond motifs is 1. The Balaban J connectivity index is 1.64. The first-order valence-corrected chi connectivity index (χ1v) is 13.4. The molecule has 9 heteroatoms. The predicted octanol–water partition coefficient (Wildman–Crippen LogP) is 6.88. The van der Waals surface area contributed by atoms with Gasteiger partial charge in [-0.2, -0.15) is 0 Å². The van der Waals surface area contributed by atoms with Crippen LogP contribution < -0.4 is 14.2 Å². The summed E-state index contributed by atoms with van der Waals surface area (Å²) in [6, 6.07) is 20.9. The van der Waals surface area contributed by atoms with Crippen molar-refractivity contribution in [3.8, 4) is 28.5 Å². The van der Waals surface area contributed by atoms with Crippen LogP contribution in [0.3, 0.4) is 0 Å². The molecular weight excluding hydrogens is 534 g/mol. The molecule has 7 nitrogen and oxygen atoms in total. The first-order valence-electron chi connectivity index (χ1n) is 12.1. The van der Waals surface area contributed by atoms with Crippen molar-refractivity contribution in [1.82, 2.24) is 14.9 Å². The number of rotatable bonds is 9. The van der Waals surface area contributed by atoms with Gasteiger partial charge in [0.15, 0.2) is 0 Å². The van der Waals surface area contributed by atoms with E-state index in [0.29, 0.717) is 40.2 Å². The molecule has 5 rings (SSSR count). The summed E-state index contributed by atoms with van der Waals surface area (Å²) in [6.45, 7) is 0.679. The molecule has 0 atom stereocenters. The number of pyridine rings is 1. The SMILES string of the molecule is COc1ccc(CN(Cc2cc3ccc(Cl)cc3nc2-c2cc(OC)ccc2OC)C(=O)c2cncs2)cc1. The summed E-state index contributed by atoms with van der Waals surface area (Å²) in [5.74, 6) is 1.94.